The molecule has 0 spiro atoms. The van der Waals surface area contributed by atoms with Crippen LogP contribution >= 0.6 is 0 Å². The summed E-state index contributed by atoms with van der Waals surface area (Å²) in [4.78, 5) is 26.0. The molecule has 1 unspecified atom stereocenters. The van der Waals surface area contributed by atoms with Crippen LogP contribution in [0, 0.1) is 0 Å². The lowest BCUT2D eigenvalue weighted by Crippen LogP contribution is -2.51. The number of carbonyl (C=O) groups excluding carboxylic acids is 1. The second kappa shape index (κ2) is 7.96. The summed E-state index contributed by atoms with van der Waals surface area (Å²) in [6, 6.07) is 0.299. The van der Waals surface area contributed by atoms with Gasteiger partial charge in [0.25, 0.3) is 0 Å². The molecular formula is C12H23N3O4. The molecule has 1 aliphatic rings. The van der Waals surface area contributed by atoms with E-state index in [-0.39, 0.29) is 19.2 Å². The van der Waals surface area contributed by atoms with Crippen molar-refractivity contribution in [1.82, 2.24) is 15.1 Å². The first-order valence-corrected chi connectivity index (χ1v) is 6.49. The van der Waals surface area contributed by atoms with Gasteiger partial charge in [0.1, 0.15) is 6.61 Å². The van der Waals surface area contributed by atoms with Crippen molar-refractivity contribution in [2.24, 2.45) is 0 Å². The van der Waals surface area contributed by atoms with Gasteiger partial charge in [-0.1, -0.05) is 0 Å². The van der Waals surface area contributed by atoms with Crippen LogP contribution in [0.5, 0.6) is 0 Å². The molecule has 2 amide bonds. The number of likely N-dealkylation sites (tertiary alicyclic amines) is 1. The van der Waals surface area contributed by atoms with Crippen LogP contribution < -0.4 is 5.32 Å². The number of nitrogens with zero attached hydrogens (tertiary/aromatic N) is 2. The van der Waals surface area contributed by atoms with Gasteiger partial charge in [-0.3, -0.25) is 0 Å². The molecule has 7 nitrogen and oxygen atoms in total. The van der Waals surface area contributed by atoms with Gasteiger partial charge in [0, 0.05) is 25.7 Å². The van der Waals surface area contributed by atoms with E-state index >= 15 is 0 Å². The van der Waals surface area contributed by atoms with Gasteiger partial charge < -0.3 is 25.0 Å². The third-order valence-electron chi connectivity index (χ3n) is 3.16. The van der Waals surface area contributed by atoms with E-state index < -0.39 is 5.97 Å². The number of ether oxygens (including phenoxy) is 1. The minimum Gasteiger partial charge on any atom is -0.480 e. The van der Waals surface area contributed by atoms with Gasteiger partial charge in [0.05, 0.1) is 6.61 Å². The third-order valence-corrected chi connectivity index (χ3v) is 3.16. The van der Waals surface area contributed by atoms with E-state index in [4.69, 9.17) is 9.84 Å². The molecule has 19 heavy (non-hydrogen) atoms. The maximum Gasteiger partial charge on any atom is 0.329 e. The number of likely N-dealkylation sites (N-methyl/N-ethyl adjacent to an activating group) is 1. The van der Waals surface area contributed by atoms with E-state index in [0.717, 1.165) is 25.9 Å². The Bertz CT molecular complexity index is 309. The molecule has 7 heteroatoms. The van der Waals surface area contributed by atoms with Crippen molar-refractivity contribution in [3.63, 3.8) is 0 Å². The molecule has 110 valence electrons. The van der Waals surface area contributed by atoms with E-state index in [1.165, 1.54) is 0 Å². The third kappa shape index (κ3) is 5.89. The van der Waals surface area contributed by atoms with Crippen molar-refractivity contribution in [3.05, 3.63) is 0 Å². The molecule has 0 aromatic heterocycles. The summed E-state index contributed by atoms with van der Waals surface area (Å²) in [5, 5.41) is 11.1. The van der Waals surface area contributed by atoms with Crippen molar-refractivity contribution >= 4 is 12.0 Å². The molecule has 1 aliphatic heterocycles. The Morgan fingerprint density at radius 3 is 2.84 bits per heavy atom. The Kier molecular flexibility index (Phi) is 6.58. The summed E-state index contributed by atoms with van der Waals surface area (Å²) in [5.74, 6) is -1.00. The van der Waals surface area contributed by atoms with Crippen molar-refractivity contribution in [2.75, 3.05) is 46.9 Å². The number of piperidine rings is 1. The number of nitrogens with one attached hydrogen (secondary N) is 1. The molecule has 1 rings (SSSR count). The molecule has 0 aromatic rings. The summed E-state index contributed by atoms with van der Waals surface area (Å²) in [6.45, 7) is 1.71. The zero-order valence-electron chi connectivity index (χ0n) is 11.6. The lowest BCUT2D eigenvalue weighted by Gasteiger charge is -2.36. The standard InChI is InChI=1S/C12H23N3O4/c1-14(2)10-4-3-6-15(8-10)12(18)13-5-7-19-9-11(16)17/h10H,3-9H2,1-2H3,(H,13,18)(H,16,17). The molecule has 0 aliphatic carbocycles. The Balaban J connectivity index is 2.20. The van der Waals surface area contributed by atoms with Gasteiger partial charge >= 0.3 is 12.0 Å². The average Bonchev–Trinajstić information content (AvgIpc) is 2.37. The van der Waals surface area contributed by atoms with Gasteiger partial charge in [-0.15, -0.1) is 0 Å². The Hall–Kier alpha value is -1.34. The Morgan fingerprint density at radius 1 is 1.47 bits per heavy atom. The van der Waals surface area contributed by atoms with Gasteiger partial charge in [0.2, 0.25) is 0 Å². The number of hydrogen-bond donors (Lipinski definition) is 2. The molecule has 1 saturated heterocycles. The van der Waals surface area contributed by atoms with Crippen LogP contribution in [0.4, 0.5) is 4.79 Å². The minimum absolute atomic E-state index is 0.106. The Labute approximate surface area is 113 Å². The first-order chi connectivity index (χ1) is 9.00. The fourth-order valence-corrected chi connectivity index (χ4v) is 2.06. The van der Waals surface area contributed by atoms with Crippen molar-refractivity contribution < 1.29 is 19.4 Å². The molecule has 2 N–H and O–H groups in total. The molecule has 0 bridgehead atoms. The number of hydrogen-bond acceptors (Lipinski definition) is 4. The second-order valence-electron chi connectivity index (χ2n) is 4.88. The predicted octanol–water partition coefficient (Wildman–Crippen LogP) is -0.177. The maximum absolute atomic E-state index is 11.9. The van der Waals surface area contributed by atoms with Crippen molar-refractivity contribution in [2.45, 2.75) is 18.9 Å². The summed E-state index contributed by atoms with van der Waals surface area (Å²) in [7, 11) is 4.04. The minimum atomic E-state index is -1.00. The van der Waals surface area contributed by atoms with Crippen LogP contribution in [0.3, 0.4) is 0 Å². The average molecular weight is 273 g/mol. The predicted molar refractivity (Wildman–Crippen MR) is 70.1 cm³/mol. The van der Waals surface area contributed by atoms with E-state index in [1.54, 1.807) is 4.90 Å². The van der Waals surface area contributed by atoms with Crippen LogP contribution in [0.2, 0.25) is 0 Å². The van der Waals surface area contributed by atoms with Crippen LogP contribution in [0.15, 0.2) is 0 Å². The maximum atomic E-state index is 11.9. The first-order valence-electron chi connectivity index (χ1n) is 6.49. The number of rotatable bonds is 6. The number of amides is 2. The van der Waals surface area contributed by atoms with Gasteiger partial charge in [0.15, 0.2) is 0 Å². The van der Waals surface area contributed by atoms with Gasteiger partial charge in [-0.05, 0) is 26.9 Å². The number of carboxylic acid groups (broad SMARTS) is 1. The smallest absolute Gasteiger partial charge is 0.329 e. The van der Waals surface area contributed by atoms with Crippen LogP contribution in [-0.4, -0.2) is 79.9 Å². The van der Waals surface area contributed by atoms with Crippen molar-refractivity contribution in [1.29, 1.82) is 0 Å². The van der Waals surface area contributed by atoms with Crippen LogP contribution in [0.25, 0.3) is 0 Å². The van der Waals surface area contributed by atoms with Gasteiger partial charge in [-0.2, -0.15) is 0 Å². The largest absolute Gasteiger partial charge is 0.480 e. The fraction of sp³-hybridized carbons (Fsp3) is 0.833. The molecular weight excluding hydrogens is 250 g/mol. The zero-order chi connectivity index (χ0) is 14.3. The molecule has 0 radical (unpaired) electrons. The molecule has 1 atom stereocenters. The normalized spacial score (nSPS) is 19.5. The number of carboxylic acids is 1. The highest BCUT2D eigenvalue weighted by molar-refractivity contribution is 5.74. The highest BCUT2D eigenvalue weighted by atomic mass is 16.5. The molecule has 0 aromatic carbocycles. The summed E-state index contributed by atoms with van der Waals surface area (Å²) < 4.78 is 4.85. The quantitative estimate of drug-likeness (QED) is 0.656. The molecule has 1 fully saturated rings. The summed E-state index contributed by atoms with van der Waals surface area (Å²) in [6.07, 6.45) is 2.12. The monoisotopic (exact) mass is 273 g/mol. The lowest BCUT2D eigenvalue weighted by molar-refractivity contribution is -0.142. The van der Waals surface area contributed by atoms with E-state index in [1.807, 2.05) is 14.1 Å². The van der Waals surface area contributed by atoms with Crippen molar-refractivity contribution in [3.8, 4) is 0 Å². The molecule has 0 saturated carbocycles. The highest BCUT2D eigenvalue weighted by Crippen LogP contribution is 2.13. The molecule has 1 heterocycles. The van der Waals surface area contributed by atoms with E-state index in [9.17, 15) is 9.59 Å². The highest BCUT2D eigenvalue weighted by Gasteiger charge is 2.24. The number of carbonyl (C=O) groups is 2. The Morgan fingerprint density at radius 2 is 2.21 bits per heavy atom. The summed E-state index contributed by atoms with van der Waals surface area (Å²) in [5.41, 5.74) is 0. The van der Waals surface area contributed by atoms with E-state index in [2.05, 4.69) is 10.2 Å². The van der Waals surface area contributed by atoms with Crippen LogP contribution in [0.1, 0.15) is 12.8 Å². The van der Waals surface area contributed by atoms with E-state index in [0.29, 0.717) is 12.6 Å². The fourth-order valence-electron chi connectivity index (χ4n) is 2.06. The SMILES string of the molecule is CN(C)C1CCCN(C(=O)NCCOCC(=O)O)C1. The second-order valence-corrected chi connectivity index (χ2v) is 4.88. The topological polar surface area (TPSA) is 82.1 Å². The first kappa shape index (κ1) is 15.7. The number of aliphatic carboxylic acids is 1. The lowest BCUT2D eigenvalue weighted by atomic mass is 10.1. The van der Waals surface area contributed by atoms with Gasteiger partial charge in [-0.25, -0.2) is 9.59 Å². The summed E-state index contributed by atoms with van der Waals surface area (Å²) >= 11 is 0. The zero-order valence-corrected chi connectivity index (χ0v) is 11.6. The number of urea groups is 1. The van der Waals surface area contributed by atoms with Crippen LogP contribution in [-0.2, 0) is 9.53 Å².